The fourth-order valence-corrected chi connectivity index (χ4v) is 3.12. The van der Waals surface area contributed by atoms with Crippen LogP contribution in [0.25, 0.3) is 0 Å². The number of benzene rings is 1. The van der Waals surface area contributed by atoms with Crippen LogP contribution in [0.1, 0.15) is 32.3 Å². The zero-order valence-corrected chi connectivity index (χ0v) is 14.5. The van der Waals surface area contributed by atoms with E-state index in [4.69, 9.17) is 14.9 Å². The van der Waals surface area contributed by atoms with Gasteiger partial charge in [-0.3, -0.25) is 24.5 Å². The van der Waals surface area contributed by atoms with E-state index in [1.807, 2.05) is 0 Å². The molecule has 1 aromatic rings. The first-order chi connectivity index (χ1) is 12.2. The lowest BCUT2D eigenvalue weighted by atomic mass is 9.72. The molecule has 1 N–H and O–H groups in total. The Bertz CT molecular complexity index is 802. The number of hydrogen-bond donors (Lipinski definition) is 1. The second-order valence-electron chi connectivity index (χ2n) is 5.93. The van der Waals surface area contributed by atoms with Crippen molar-refractivity contribution in [2.45, 2.75) is 26.7 Å². The monoisotopic (exact) mass is 362 g/mol. The highest BCUT2D eigenvalue weighted by Gasteiger charge is 2.48. The number of carbonyl (C=O) groups excluding carboxylic acids is 3. The van der Waals surface area contributed by atoms with E-state index in [1.165, 1.54) is 19.9 Å². The van der Waals surface area contributed by atoms with Crippen LogP contribution in [0.4, 0.5) is 5.69 Å². The summed E-state index contributed by atoms with van der Waals surface area (Å²) < 4.78 is 10.1. The molecule has 138 valence electrons. The number of carbonyl (C=O) groups is 3. The summed E-state index contributed by atoms with van der Waals surface area (Å²) in [6.07, 6.45) is 0. The molecule has 2 rings (SSSR count). The van der Waals surface area contributed by atoms with Gasteiger partial charge in [0.05, 0.1) is 11.5 Å². The summed E-state index contributed by atoms with van der Waals surface area (Å²) in [6.45, 7) is 4.16. The molecule has 0 aromatic heterocycles. The lowest BCUT2D eigenvalue weighted by Crippen LogP contribution is -2.44. The van der Waals surface area contributed by atoms with Crippen LogP contribution in [0.3, 0.4) is 0 Å². The maximum absolute atomic E-state index is 12.4. The predicted molar refractivity (Wildman–Crippen MR) is 89.2 cm³/mol. The molecule has 0 aliphatic carbocycles. The van der Waals surface area contributed by atoms with Gasteiger partial charge < -0.3 is 14.9 Å². The SMILES string of the molecule is CCOC(=O)C(C(C)=N)C1c2cc([N+](=O)[O-])ccc2OC(=O)C1C(C)=O. The van der Waals surface area contributed by atoms with Gasteiger partial charge in [0.1, 0.15) is 23.4 Å². The highest BCUT2D eigenvalue weighted by atomic mass is 16.6. The lowest BCUT2D eigenvalue weighted by Gasteiger charge is -2.34. The number of nitro groups is 1. The molecule has 0 saturated carbocycles. The van der Waals surface area contributed by atoms with Crippen LogP contribution in [0.15, 0.2) is 18.2 Å². The summed E-state index contributed by atoms with van der Waals surface area (Å²) in [5.41, 5.74) is -0.241. The molecule has 0 fully saturated rings. The van der Waals surface area contributed by atoms with Gasteiger partial charge in [0.25, 0.3) is 5.69 Å². The Hall–Kier alpha value is -3.10. The number of nitro benzene ring substituents is 1. The maximum Gasteiger partial charge on any atom is 0.322 e. The van der Waals surface area contributed by atoms with Crippen LogP contribution in [0, 0.1) is 27.4 Å². The number of nitrogens with zero attached hydrogens (tertiary/aromatic N) is 1. The van der Waals surface area contributed by atoms with Crippen LogP contribution < -0.4 is 4.74 Å². The minimum absolute atomic E-state index is 0.0265. The summed E-state index contributed by atoms with van der Waals surface area (Å²) in [6, 6.07) is 3.57. The quantitative estimate of drug-likeness (QED) is 0.204. The number of non-ortho nitro benzene ring substituents is 1. The summed E-state index contributed by atoms with van der Waals surface area (Å²) in [4.78, 5) is 47.3. The molecule has 0 spiro atoms. The van der Waals surface area contributed by atoms with Crippen LogP contribution in [0.5, 0.6) is 5.75 Å². The van der Waals surface area contributed by atoms with Gasteiger partial charge >= 0.3 is 11.9 Å². The van der Waals surface area contributed by atoms with Crippen molar-refractivity contribution in [3.05, 3.63) is 33.9 Å². The van der Waals surface area contributed by atoms with E-state index in [2.05, 4.69) is 0 Å². The van der Waals surface area contributed by atoms with E-state index >= 15 is 0 Å². The fraction of sp³-hybridized carbons (Fsp3) is 0.412. The average molecular weight is 362 g/mol. The minimum atomic E-state index is -1.36. The summed E-state index contributed by atoms with van der Waals surface area (Å²) >= 11 is 0. The number of Topliss-reactive ketones (excluding diaryl/α,β-unsaturated/α-hetero) is 1. The van der Waals surface area contributed by atoms with E-state index in [0.29, 0.717) is 0 Å². The van der Waals surface area contributed by atoms with Gasteiger partial charge in [0, 0.05) is 29.3 Å². The third-order valence-electron chi connectivity index (χ3n) is 4.19. The molecule has 1 aromatic carbocycles. The van der Waals surface area contributed by atoms with Crippen LogP contribution >= 0.6 is 0 Å². The molecule has 1 heterocycles. The van der Waals surface area contributed by atoms with Crippen LogP contribution in [-0.4, -0.2) is 35.0 Å². The van der Waals surface area contributed by atoms with E-state index in [9.17, 15) is 24.5 Å². The van der Waals surface area contributed by atoms with Gasteiger partial charge in [-0.05, 0) is 26.8 Å². The molecule has 9 nitrogen and oxygen atoms in total. The Labute approximate surface area is 148 Å². The Morgan fingerprint density at radius 2 is 2.04 bits per heavy atom. The minimum Gasteiger partial charge on any atom is -0.465 e. The van der Waals surface area contributed by atoms with Gasteiger partial charge in [-0.15, -0.1) is 0 Å². The van der Waals surface area contributed by atoms with Gasteiger partial charge in [-0.1, -0.05) is 0 Å². The Morgan fingerprint density at radius 3 is 2.54 bits per heavy atom. The second-order valence-corrected chi connectivity index (χ2v) is 5.93. The normalized spacial score (nSPS) is 19.7. The molecule has 1 aliphatic heterocycles. The zero-order valence-electron chi connectivity index (χ0n) is 14.5. The van der Waals surface area contributed by atoms with Crippen LogP contribution in [-0.2, 0) is 19.1 Å². The van der Waals surface area contributed by atoms with Crippen molar-refractivity contribution in [3.8, 4) is 5.75 Å². The summed E-state index contributed by atoms with van der Waals surface area (Å²) in [5, 5.41) is 19.1. The van der Waals surface area contributed by atoms with Crippen molar-refractivity contribution in [1.29, 1.82) is 5.41 Å². The molecule has 1 aliphatic rings. The number of esters is 2. The summed E-state index contributed by atoms with van der Waals surface area (Å²) in [5.74, 6) is -5.88. The first kappa shape index (κ1) is 19.2. The van der Waals surface area contributed by atoms with Gasteiger partial charge in [0.15, 0.2) is 0 Å². The van der Waals surface area contributed by atoms with Crippen LogP contribution in [0.2, 0.25) is 0 Å². The fourth-order valence-electron chi connectivity index (χ4n) is 3.12. The first-order valence-electron chi connectivity index (χ1n) is 7.91. The molecular weight excluding hydrogens is 344 g/mol. The van der Waals surface area contributed by atoms with E-state index < -0.39 is 40.4 Å². The highest BCUT2D eigenvalue weighted by Crippen LogP contribution is 2.45. The topological polar surface area (TPSA) is 137 Å². The Morgan fingerprint density at radius 1 is 1.38 bits per heavy atom. The lowest BCUT2D eigenvalue weighted by molar-refractivity contribution is -0.385. The molecular formula is C17H18N2O7. The summed E-state index contributed by atoms with van der Waals surface area (Å²) in [7, 11) is 0. The van der Waals surface area contributed by atoms with E-state index in [-0.39, 0.29) is 29.3 Å². The van der Waals surface area contributed by atoms with Crippen molar-refractivity contribution < 1.29 is 28.8 Å². The molecule has 0 saturated heterocycles. The van der Waals surface area contributed by atoms with Crippen molar-refractivity contribution in [2.75, 3.05) is 6.61 Å². The number of fused-ring (bicyclic) bond motifs is 1. The zero-order chi connectivity index (χ0) is 19.6. The average Bonchev–Trinajstić information content (AvgIpc) is 2.53. The number of ether oxygens (including phenoxy) is 2. The first-order valence-corrected chi connectivity index (χ1v) is 7.91. The van der Waals surface area contributed by atoms with Crippen molar-refractivity contribution in [1.82, 2.24) is 0 Å². The smallest absolute Gasteiger partial charge is 0.322 e. The van der Waals surface area contributed by atoms with Gasteiger partial charge in [-0.2, -0.15) is 0 Å². The molecule has 26 heavy (non-hydrogen) atoms. The molecule has 3 unspecified atom stereocenters. The van der Waals surface area contributed by atoms with E-state index in [1.54, 1.807) is 6.92 Å². The van der Waals surface area contributed by atoms with Crippen molar-refractivity contribution in [2.24, 2.45) is 11.8 Å². The standard InChI is InChI=1S/C17H18N2O7/c1-4-25-16(21)13(8(2)18)15-11-7-10(19(23)24)5-6-12(11)26-17(22)14(15)9(3)20/h5-7,13-15,18H,4H2,1-3H3. The van der Waals surface area contributed by atoms with Gasteiger partial charge in [0.2, 0.25) is 0 Å². The van der Waals surface area contributed by atoms with Gasteiger partial charge in [-0.25, -0.2) is 0 Å². The number of ketones is 1. The largest absolute Gasteiger partial charge is 0.465 e. The van der Waals surface area contributed by atoms with Crippen molar-refractivity contribution >= 4 is 29.1 Å². The Balaban J connectivity index is 2.71. The Kier molecular flexibility index (Phi) is 5.49. The third kappa shape index (κ3) is 3.46. The second kappa shape index (κ2) is 7.42. The molecule has 0 bridgehead atoms. The molecule has 0 amide bonds. The molecule has 9 heteroatoms. The third-order valence-corrected chi connectivity index (χ3v) is 4.19. The molecule has 3 atom stereocenters. The number of nitrogens with one attached hydrogen (secondary N) is 1. The number of hydrogen-bond acceptors (Lipinski definition) is 8. The predicted octanol–water partition coefficient (Wildman–Crippen LogP) is 2.02. The maximum atomic E-state index is 12.4. The van der Waals surface area contributed by atoms with E-state index in [0.717, 1.165) is 12.1 Å². The highest BCUT2D eigenvalue weighted by molar-refractivity contribution is 6.06. The van der Waals surface area contributed by atoms with Crippen molar-refractivity contribution in [3.63, 3.8) is 0 Å². The molecule has 0 radical (unpaired) electrons. The number of rotatable bonds is 6.